The summed E-state index contributed by atoms with van der Waals surface area (Å²) in [7, 11) is 0. The molecule has 1 fully saturated rings. The fourth-order valence-corrected chi connectivity index (χ4v) is 0.733. The third-order valence-corrected chi connectivity index (χ3v) is 1.23. The molecule has 1 aromatic heterocycles. The predicted octanol–water partition coefficient (Wildman–Crippen LogP) is -1.20. The molecule has 0 aliphatic carbocycles. The van der Waals surface area contributed by atoms with Gasteiger partial charge in [0.05, 0.1) is 0 Å². The van der Waals surface area contributed by atoms with Gasteiger partial charge in [-0.3, -0.25) is 0 Å². The Bertz CT molecular complexity index is 122. The Morgan fingerprint density at radius 3 is 1.75 bits per heavy atom. The smallest absolute Gasteiger partial charge is 0.161 e. The Hall–Kier alpha value is -0.720. The van der Waals surface area contributed by atoms with Crippen LogP contribution in [-0.2, 0) is 0 Å². The van der Waals surface area contributed by atoms with Crippen LogP contribution < -0.4 is 10.6 Å². The minimum atomic E-state index is 0. The molecule has 1 saturated heterocycles. The highest BCUT2D eigenvalue weighted by molar-refractivity contribution is 5.85. The third kappa shape index (κ3) is 6.02. The van der Waals surface area contributed by atoms with Crippen LogP contribution in [0.2, 0.25) is 0 Å². The highest BCUT2D eigenvalue weighted by Crippen LogP contribution is 1.65. The number of piperazine rings is 1. The largest absolute Gasteiger partial charge is 0.314 e. The zero-order chi connectivity index (χ0) is 7.78. The van der Waals surface area contributed by atoms with Crippen LogP contribution in [0.25, 0.3) is 0 Å². The van der Waals surface area contributed by atoms with Crippen molar-refractivity contribution >= 4 is 12.4 Å². The maximum Gasteiger partial charge on any atom is 0.161 e. The second-order valence-corrected chi connectivity index (χ2v) is 2.06. The number of hydrogen-bond donors (Lipinski definition) is 3. The quantitative estimate of drug-likeness (QED) is 0.482. The van der Waals surface area contributed by atoms with E-state index in [-0.39, 0.29) is 12.4 Å². The minimum absolute atomic E-state index is 0. The van der Waals surface area contributed by atoms with Crippen molar-refractivity contribution < 1.29 is 0 Å². The van der Waals surface area contributed by atoms with E-state index in [1.165, 1.54) is 6.33 Å². The summed E-state index contributed by atoms with van der Waals surface area (Å²) >= 11 is 0. The second kappa shape index (κ2) is 8.38. The van der Waals surface area contributed by atoms with E-state index in [0.717, 1.165) is 26.2 Å². The normalized spacial score (nSPS) is 15.3. The monoisotopic (exact) mass is 192 g/mol. The summed E-state index contributed by atoms with van der Waals surface area (Å²) in [4.78, 5) is 0. The summed E-state index contributed by atoms with van der Waals surface area (Å²) in [6.07, 6.45) is 1.33. The number of nitrogens with zero attached hydrogens (tertiary/aromatic N) is 3. The second-order valence-electron chi connectivity index (χ2n) is 2.06. The summed E-state index contributed by atoms with van der Waals surface area (Å²) in [5.74, 6) is 0. The first-order valence-electron chi connectivity index (χ1n) is 3.58. The van der Waals surface area contributed by atoms with E-state index in [1.54, 1.807) is 0 Å². The maximum atomic E-state index is 3.38. The molecular weight excluding hydrogens is 180 g/mol. The topological polar surface area (TPSA) is 78.5 Å². The molecule has 70 valence electrons. The van der Waals surface area contributed by atoms with Gasteiger partial charge >= 0.3 is 0 Å². The van der Waals surface area contributed by atoms with E-state index in [0.29, 0.717) is 0 Å². The van der Waals surface area contributed by atoms with Gasteiger partial charge in [0.2, 0.25) is 0 Å². The van der Waals surface area contributed by atoms with Crippen LogP contribution in [0.5, 0.6) is 0 Å². The molecule has 1 aliphatic rings. The van der Waals surface area contributed by atoms with Crippen molar-refractivity contribution in [3.63, 3.8) is 0 Å². The molecule has 0 saturated carbocycles. The number of H-pyrrole nitrogens is 1. The van der Waals surface area contributed by atoms with Crippen LogP contribution in [0.1, 0.15) is 0 Å². The Morgan fingerprint density at radius 2 is 1.58 bits per heavy atom. The van der Waals surface area contributed by atoms with Gasteiger partial charge in [-0.15, -0.1) is 22.6 Å². The van der Waals surface area contributed by atoms with Crippen molar-refractivity contribution in [1.29, 1.82) is 0 Å². The lowest BCUT2D eigenvalue weighted by atomic mass is 10.4. The fraction of sp³-hybridized carbons (Fsp3) is 0.800. The lowest BCUT2D eigenvalue weighted by molar-refractivity contribution is 0.534. The Balaban J connectivity index is 0.000000189. The van der Waals surface area contributed by atoms with E-state index in [9.17, 15) is 0 Å². The molecule has 1 aromatic rings. The van der Waals surface area contributed by atoms with E-state index < -0.39 is 0 Å². The molecule has 0 unspecified atom stereocenters. The Kier molecular flexibility index (Phi) is 7.87. The first-order chi connectivity index (χ1) is 5.50. The SMILES string of the molecule is C1CNCCN1.Cl.c1nn[nH]n1. The van der Waals surface area contributed by atoms with Gasteiger partial charge in [-0.2, -0.15) is 5.21 Å². The summed E-state index contributed by atoms with van der Waals surface area (Å²) in [6, 6.07) is 0. The average Bonchev–Trinajstić information content (AvgIpc) is 2.64. The predicted molar refractivity (Wildman–Crippen MR) is 47.2 cm³/mol. The molecule has 0 atom stereocenters. The van der Waals surface area contributed by atoms with E-state index >= 15 is 0 Å². The van der Waals surface area contributed by atoms with E-state index in [2.05, 4.69) is 31.3 Å². The molecule has 6 nitrogen and oxygen atoms in total. The summed E-state index contributed by atoms with van der Waals surface area (Å²) in [6.45, 7) is 4.56. The van der Waals surface area contributed by atoms with Crippen molar-refractivity contribution in [2.24, 2.45) is 0 Å². The molecule has 12 heavy (non-hydrogen) atoms. The summed E-state index contributed by atoms with van der Waals surface area (Å²) in [5.41, 5.74) is 0. The van der Waals surface area contributed by atoms with Crippen molar-refractivity contribution in [2.45, 2.75) is 0 Å². The molecule has 3 N–H and O–H groups in total. The lowest BCUT2D eigenvalue weighted by Gasteiger charge is -2.11. The van der Waals surface area contributed by atoms with Crippen molar-refractivity contribution in [1.82, 2.24) is 31.3 Å². The summed E-state index contributed by atoms with van der Waals surface area (Å²) in [5, 5.41) is 18.6. The lowest BCUT2D eigenvalue weighted by Crippen LogP contribution is -2.39. The highest BCUT2D eigenvalue weighted by Gasteiger charge is 1.91. The van der Waals surface area contributed by atoms with Gasteiger partial charge in [-0.25, -0.2) is 0 Å². The maximum absolute atomic E-state index is 3.38. The van der Waals surface area contributed by atoms with Crippen molar-refractivity contribution in [3.05, 3.63) is 6.33 Å². The number of tetrazole rings is 1. The molecule has 2 heterocycles. The first kappa shape index (κ1) is 11.3. The van der Waals surface area contributed by atoms with Crippen LogP contribution in [0.15, 0.2) is 6.33 Å². The van der Waals surface area contributed by atoms with Gasteiger partial charge in [0.25, 0.3) is 0 Å². The van der Waals surface area contributed by atoms with E-state index in [1.807, 2.05) is 0 Å². The standard InChI is InChI=1S/C4H10N2.CH2N4.ClH/c1-2-6-4-3-5-1;1-2-4-5-3-1;/h5-6H,1-4H2;1H,(H,2,3,4,5);1H. The van der Waals surface area contributed by atoms with Crippen molar-refractivity contribution in [3.8, 4) is 0 Å². The van der Waals surface area contributed by atoms with Crippen LogP contribution in [0.4, 0.5) is 0 Å². The number of aromatic amines is 1. The van der Waals surface area contributed by atoms with E-state index in [4.69, 9.17) is 0 Å². The number of nitrogens with one attached hydrogen (secondary N) is 3. The fourth-order valence-electron chi connectivity index (χ4n) is 0.733. The summed E-state index contributed by atoms with van der Waals surface area (Å²) < 4.78 is 0. The van der Waals surface area contributed by atoms with Gasteiger partial charge in [0.15, 0.2) is 6.33 Å². The van der Waals surface area contributed by atoms with Crippen LogP contribution >= 0.6 is 12.4 Å². The van der Waals surface area contributed by atoms with Gasteiger partial charge in [0.1, 0.15) is 0 Å². The van der Waals surface area contributed by atoms with Crippen molar-refractivity contribution in [2.75, 3.05) is 26.2 Å². The van der Waals surface area contributed by atoms with Crippen LogP contribution in [0.3, 0.4) is 0 Å². The number of rotatable bonds is 0. The first-order valence-corrected chi connectivity index (χ1v) is 3.58. The molecule has 0 spiro atoms. The Labute approximate surface area is 76.9 Å². The molecule has 0 amide bonds. The molecule has 0 radical (unpaired) electrons. The number of aromatic nitrogens is 4. The molecule has 0 aromatic carbocycles. The molecular formula is C5H13ClN6. The number of halogens is 1. The Morgan fingerprint density at radius 1 is 1.00 bits per heavy atom. The zero-order valence-electron chi connectivity index (χ0n) is 6.66. The minimum Gasteiger partial charge on any atom is -0.314 e. The molecule has 1 aliphatic heterocycles. The highest BCUT2D eigenvalue weighted by atomic mass is 35.5. The van der Waals surface area contributed by atoms with Gasteiger partial charge in [-0.05, 0) is 0 Å². The molecule has 7 heteroatoms. The third-order valence-electron chi connectivity index (χ3n) is 1.23. The van der Waals surface area contributed by atoms with Crippen LogP contribution in [0, 0.1) is 0 Å². The number of hydrogen-bond acceptors (Lipinski definition) is 5. The zero-order valence-corrected chi connectivity index (χ0v) is 7.47. The molecule has 2 rings (SSSR count). The van der Waals surface area contributed by atoms with Gasteiger partial charge < -0.3 is 10.6 Å². The average molecular weight is 193 g/mol. The van der Waals surface area contributed by atoms with Gasteiger partial charge in [-0.1, -0.05) is 5.21 Å². The molecule has 0 bridgehead atoms. The van der Waals surface area contributed by atoms with Crippen LogP contribution in [-0.4, -0.2) is 46.8 Å². The van der Waals surface area contributed by atoms with Gasteiger partial charge in [0, 0.05) is 26.2 Å².